The van der Waals surface area contributed by atoms with Crippen molar-refractivity contribution in [3.8, 4) is 5.75 Å². The van der Waals surface area contributed by atoms with E-state index < -0.39 is 0 Å². The molecule has 0 spiro atoms. The Labute approximate surface area is 176 Å². The number of piperazine rings is 1. The molecule has 8 nitrogen and oxygen atoms in total. The molecule has 1 aromatic carbocycles. The number of methoxy groups -OCH3 is 1. The van der Waals surface area contributed by atoms with Crippen molar-refractivity contribution in [1.29, 1.82) is 0 Å². The first-order chi connectivity index (χ1) is 14.4. The Bertz CT molecular complexity index is 933. The molecule has 4 rings (SSSR count). The summed E-state index contributed by atoms with van der Waals surface area (Å²) >= 11 is 0. The van der Waals surface area contributed by atoms with Crippen LogP contribution in [0.5, 0.6) is 5.75 Å². The lowest BCUT2D eigenvalue weighted by Crippen LogP contribution is -2.50. The maximum absolute atomic E-state index is 13.1. The van der Waals surface area contributed by atoms with Gasteiger partial charge in [0.05, 0.1) is 31.0 Å². The molecule has 160 valence electrons. The first-order valence-corrected chi connectivity index (χ1v) is 10.3. The van der Waals surface area contributed by atoms with Gasteiger partial charge >= 0.3 is 0 Å². The number of carbonyl (C=O) groups is 2. The predicted molar refractivity (Wildman–Crippen MR) is 111 cm³/mol. The van der Waals surface area contributed by atoms with Crippen LogP contribution in [0.4, 0.5) is 5.69 Å². The lowest BCUT2D eigenvalue weighted by atomic mass is 10.1. The first-order valence-electron chi connectivity index (χ1n) is 10.3. The van der Waals surface area contributed by atoms with Crippen LogP contribution >= 0.6 is 0 Å². The van der Waals surface area contributed by atoms with Crippen molar-refractivity contribution in [2.24, 2.45) is 5.92 Å². The van der Waals surface area contributed by atoms with Crippen molar-refractivity contribution in [2.45, 2.75) is 26.8 Å². The number of aryl methyl sites for hydroxylation is 2. The van der Waals surface area contributed by atoms with E-state index >= 15 is 0 Å². The third-order valence-corrected chi connectivity index (χ3v) is 5.84. The van der Waals surface area contributed by atoms with Gasteiger partial charge in [0.15, 0.2) is 5.76 Å². The van der Waals surface area contributed by atoms with Crippen LogP contribution in [0.1, 0.15) is 23.4 Å². The predicted octanol–water partition coefficient (Wildman–Crippen LogP) is 2.00. The zero-order valence-corrected chi connectivity index (χ0v) is 17.8. The number of benzene rings is 1. The minimum atomic E-state index is -0.314. The van der Waals surface area contributed by atoms with Crippen molar-refractivity contribution >= 4 is 17.5 Å². The Kier molecular flexibility index (Phi) is 5.76. The van der Waals surface area contributed by atoms with Gasteiger partial charge in [-0.2, -0.15) is 0 Å². The maximum Gasteiger partial charge on any atom is 0.228 e. The van der Waals surface area contributed by atoms with Gasteiger partial charge < -0.3 is 19.1 Å². The Morgan fingerprint density at radius 3 is 2.63 bits per heavy atom. The molecule has 2 saturated heterocycles. The van der Waals surface area contributed by atoms with Crippen LogP contribution in [0, 0.1) is 19.8 Å². The molecule has 2 amide bonds. The van der Waals surface area contributed by atoms with E-state index in [4.69, 9.17) is 9.26 Å². The number of anilines is 1. The van der Waals surface area contributed by atoms with Crippen molar-refractivity contribution in [3.63, 3.8) is 0 Å². The normalized spacial score (nSPS) is 20.1. The molecule has 1 atom stereocenters. The molecule has 0 radical (unpaired) electrons. The van der Waals surface area contributed by atoms with Crippen LogP contribution in [0.15, 0.2) is 28.8 Å². The minimum absolute atomic E-state index is 0.0309. The molecule has 0 aliphatic carbocycles. The van der Waals surface area contributed by atoms with Gasteiger partial charge in [-0.25, -0.2) is 0 Å². The summed E-state index contributed by atoms with van der Waals surface area (Å²) in [5.74, 6) is 1.21. The number of rotatable bonds is 5. The Hall–Kier alpha value is -2.87. The molecule has 1 aromatic heterocycles. The topological polar surface area (TPSA) is 79.1 Å². The van der Waals surface area contributed by atoms with Gasteiger partial charge in [-0.05, 0) is 31.5 Å². The van der Waals surface area contributed by atoms with E-state index in [1.165, 1.54) is 0 Å². The third-order valence-electron chi connectivity index (χ3n) is 5.84. The van der Waals surface area contributed by atoms with Crippen LogP contribution in [-0.4, -0.2) is 66.6 Å². The summed E-state index contributed by atoms with van der Waals surface area (Å²) in [7, 11) is 1.59. The van der Waals surface area contributed by atoms with Crippen molar-refractivity contribution in [2.75, 3.05) is 44.7 Å². The van der Waals surface area contributed by atoms with Gasteiger partial charge in [0, 0.05) is 45.2 Å². The summed E-state index contributed by atoms with van der Waals surface area (Å²) in [5, 5.41) is 3.92. The smallest absolute Gasteiger partial charge is 0.228 e. The average Bonchev–Trinajstić information content (AvgIpc) is 3.33. The van der Waals surface area contributed by atoms with Crippen LogP contribution in [0.25, 0.3) is 0 Å². The number of carbonyl (C=O) groups excluding carboxylic acids is 2. The first kappa shape index (κ1) is 20.4. The van der Waals surface area contributed by atoms with Crippen molar-refractivity contribution in [3.05, 3.63) is 41.3 Å². The van der Waals surface area contributed by atoms with Gasteiger partial charge in [-0.1, -0.05) is 11.2 Å². The standard InChI is InChI=1S/C22H28N4O4/c1-15-4-5-20(29-3)19(10-15)26-13-17(12-21(26)27)22(28)25-8-6-24(7-9-25)14-18-11-16(2)23-30-18/h4-5,10-11,17H,6-9,12-14H2,1-3H3. The fourth-order valence-corrected chi connectivity index (χ4v) is 4.21. The second-order valence-corrected chi connectivity index (χ2v) is 8.12. The summed E-state index contributed by atoms with van der Waals surface area (Å²) in [6.45, 7) is 7.85. The number of hydrogen-bond donors (Lipinski definition) is 0. The van der Waals surface area contributed by atoms with E-state index in [-0.39, 0.29) is 24.2 Å². The molecule has 0 N–H and O–H groups in total. The highest BCUT2D eigenvalue weighted by atomic mass is 16.5. The highest BCUT2D eigenvalue weighted by Gasteiger charge is 2.38. The molecular formula is C22H28N4O4. The monoisotopic (exact) mass is 412 g/mol. The molecule has 2 aromatic rings. The molecule has 3 heterocycles. The highest BCUT2D eigenvalue weighted by Crippen LogP contribution is 2.34. The van der Waals surface area contributed by atoms with E-state index in [1.807, 2.05) is 43.0 Å². The minimum Gasteiger partial charge on any atom is -0.495 e. The average molecular weight is 412 g/mol. The Balaban J connectivity index is 1.36. The van der Waals surface area contributed by atoms with Gasteiger partial charge in [0.2, 0.25) is 11.8 Å². The molecular weight excluding hydrogens is 384 g/mol. The lowest BCUT2D eigenvalue weighted by molar-refractivity contribution is -0.137. The Morgan fingerprint density at radius 1 is 1.20 bits per heavy atom. The molecule has 8 heteroatoms. The van der Waals surface area contributed by atoms with Crippen LogP contribution in [0.3, 0.4) is 0 Å². The van der Waals surface area contributed by atoms with Crippen molar-refractivity contribution < 1.29 is 18.8 Å². The second kappa shape index (κ2) is 8.47. The summed E-state index contributed by atoms with van der Waals surface area (Å²) < 4.78 is 10.7. The maximum atomic E-state index is 13.1. The molecule has 2 fully saturated rings. The summed E-state index contributed by atoms with van der Waals surface area (Å²) in [5.41, 5.74) is 2.66. The molecule has 0 bridgehead atoms. The SMILES string of the molecule is COc1ccc(C)cc1N1CC(C(=O)N2CCN(Cc3cc(C)no3)CC2)CC1=O. The number of ether oxygens (including phenoxy) is 1. The van der Waals surface area contributed by atoms with E-state index in [0.717, 1.165) is 35.8 Å². The van der Waals surface area contributed by atoms with Crippen LogP contribution in [-0.2, 0) is 16.1 Å². The van der Waals surface area contributed by atoms with Gasteiger partial charge in [0.25, 0.3) is 0 Å². The van der Waals surface area contributed by atoms with Crippen molar-refractivity contribution in [1.82, 2.24) is 15.0 Å². The molecule has 30 heavy (non-hydrogen) atoms. The van der Waals surface area contributed by atoms with E-state index in [2.05, 4.69) is 10.1 Å². The third kappa shape index (κ3) is 4.18. The van der Waals surface area contributed by atoms with Crippen LogP contribution in [0.2, 0.25) is 0 Å². The summed E-state index contributed by atoms with van der Waals surface area (Å²) in [4.78, 5) is 31.6. The fourth-order valence-electron chi connectivity index (χ4n) is 4.21. The lowest BCUT2D eigenvalue weighted by Gasteiger charge is -2.35. The number of aromatic nitrogens is 1. The number of amides is 2. The zero-order valence-electron chi connectivity index (χ0n) is 17.8. The van der Waals surface area contributed by atoms with E-state index in [1.54, 1.807) is 12.0 Å². The Morgan fingerprint density at radius 2 is 1.97 bits per heavy atom. The van der Waals surface area contributed by atoms with Crippen LogP contribution < -0.4 is 9.64 Å². The summed E-state index contributed by atoms with van der Waals surface area (Å²) in [6, 6.07) is 7.69. The van der Waals surface area contributed by atoms with Gasteiger partial charge in [-0.3, -0.25) is 14.5 Å². The van der Waals surface area contributed by atoms with Gasteiger partial charge in [-0.15, -0.1) is 0 Å². The number of hydrogen-bond acceptors (Lipinski definition) is 6. The summed E-state index contributed by atoms with van der Waals surface area (Å²) in [6.07, 6.45) is 0.244. The number of nitrogens with zero attached hydrogens (tertiary/aromatic N) is 4. The van der Waals surface area contributed by atoms with E-state index in [9.17, 15) is 9.59 Å². The highest BCUT2D eigenvalue weighted by molar-refractivity contribution is 6.01. The molecule has 2 aliphatic heterocycles. The largest absolute Gasteiger partial charge is 0.495 e. The molecule has 1 unspecified atom stereocenters. The quantitative estimate of drug-likeness (QED) is 0.747. The fraction of sp³-hybridized carbons (Fsp3) is 0.500. The second-order valence-electron chi connectivity index (χ2n) is 8.12. The van der Waals surface area contributed by atoms with Gasteiger partial charge in [0.1, 0.15) is 5.75 Å². The molecule has 2 aliphatic rings. The van der Waals surface area contributed by atoms with E-state index in [0.29, 0.717) is 31.9 Å². The molecule has 0 saturated carbocycles. The zero-order chi connectivity index (χ0) is 21.3.